The van der Waals surface area contributed by atoms with Crippen LogP contribution in [0, 0.1) is 6.92 Å². The van der Waals surface area contributed by atoms with Gasteiger partial charge in [0.1, 0.15) is 11.6 Å². The molecule has 1 aromatic carbocycles. The van der Waals surface area contributed by atoms with Gasteiger partial charge < -0.3 is 5.11 Å². The number of aryl methyl sites for hydroxylation is 1. The molecule has 2 rings (SSSR count). The third kappa shape index (κ3) is 3.24. The highest BCUT2D eigenvalue weighted by Crippen LogP contribution is 2.20. The van der Waals surface area contributed by atoms with Crippen molar-refractivity contribution in [2.45, 2.75) is 11.8 Å². The number of pyridine rings is 1. The molecule has 5 nitrogen and oxygen atoms in total. The third-order valence-corrected chi connectivity index (χ3v) is 4.62. The summed E-state index contributed by atoms with van der Waals surface area (Å²) < 4.78 is 27.3. The summed E-state index contributed by atoms with van der Waals surface area (Å²) in [5.41, 5.74) is 0.686. The molecule has 0 aliphatic rings. The standard InChI is InChI=1S/C12H11BrN2O3S/c1-8-11(13)6-7-12(14-8)15-19(17,18)10-4-2-9(16)3-5-10/h2-7,16H,1H3,(H,14,15). The van der Waals surface area contributed by atoms with Crippen molar-refractivity contribution in [2.75, 3.05) is 4.72 Å². The number of halogens is 1. The highest BCUT2D eigenvalue weighted by atomic mass is 79.9. The predicted molar refractivity (Wildman–Crippen MR) is 75.6 cm³/mol. The fraction of sp³-hybridized carbons (Fsp3) is 0.0833. The maximum Gasteiger partial charge on any atom is 0.263 e. The molecule has 1 heterocycles. The molecule has 2 N–H and O–H groups in total. The summed E-state index contributed by atoms with van der Waals surface area (Å²) in [6, 6.07) is 8.56. The van der Waals surface area contributed by atoms with Gasteiger partial charge in [-0.15, -0.1) is 0 Å². The van der Waals surface area contributed by atoms with Gasteiger partial charge in [-0.1, -0.05) is 0 Å². The van der Waals surface area contributed by atoms with Crippen LogP contribution in [-0.2, 0) is 10.0 Å². The topological polar surface area (TPSA) is 79.3 Å². The minimum absolute atomic E-state index is 0.0107. The summed E-state index contributed by atoms with van der Waals surface area (Å²) in [5.74, 6) is 0.255. The number of hydrogen-bond donors (Lipinski definition) is 2. The lowest BCUT2D eigenvalue weighted by molar-refractivity contribution is 0.475. The molecule has 0 radical (unpaired) electrons. The van der Waals surface area contributed by atoms with E-state index in [1.165, 1.54) is 24.3 Å². The number of sulfonamides is 1. The van der Waals surface area contributed by atoms with Crippen LogP contribution >= 0.6 is 15.9 Å². The quantitative estimate of drug-likeness (QED) is 0.898. The number of rotatable bonds is 3. The largest absolute Gasteiger partial charge is 0.508 e. The van der Waals surface area contributed by atoms with Crippen molar-refractivity contribution < 1.29 is 13.5 Å². The molecule has 0 aliphatic heterocycles. The van der Waals surface area contributed by atoms with Gasteiger partial charge in [0.05, 0.1) is 10.6 Å². The zero-order valence-electron chi connectivity index (χ0n) is 9.96. The first-order valence-corrected chi connectivity index (χ1v) is 7.61. The fourth-order valence-electron chi connectivity index (χ4n) is 1.42. The molecule has 0 aliphatic carbocycles. The Bertz CT molecular complexity index is 699. The minimum atomic E-state index is -3.70. The van der Waals surface area contributed by atoms with E-state index in [1.807, 2.05) is 0 Å². The van der Waals surface area contributed by atoms with Crippen molar-refractivity contribution in [1.82, 2.24) is 4.98 Å². The van der Waals surface area contributed by atoms with E-state index < -0.39 is 10.0 Å². The van der Waals surface area contributed by atoms with E-state index in [9.17, 15) is 8.42 Å². The van der Waals surface area contributed by atoms with Crippen LogP contribution in [0.2, 0.25) is 0 Å². The number of benzene rings is 1. The lowest BCUT2D eigenvalue weighted by atomic mass is 10.3. The van der Waals surface area contributed by atoms with Crippen LogP contribution in [-0.4, -0.2) is 18.5 Å². The zero-order valence-corrected chi connectivity index (χ0v) is 12.4. The average Bonchev–Trinajstić information content (AvgIpc) is 2.34. The van der Waals surface area contributed by atoms with Gasteiger partial charge in [-0.05, 0) is 59.3 Å². The molecule has 0 amide bonds. The molecular weight excluding hydrogens is 332 g/mol. The summed E-state index contributed by atoms with van der Waals surface area (Å²) in [7, 11) is -3.70. The Morgan fingerprint density at radius 1 is 1.16 bits per heavy atom. The molecule has 0 bridgehead atoms. The van der Waals surface area contributed by atoms with E-state index in [2.05, 4.69) is 25.6 Å². The van der Waals surface area contributed by atoms with E-state index in [0.717, 1.165) is 4.47 Å². The maximum absolute atomic E-state index is 12.1. The van der Waals surface area contributed by atoms with Gasteiger partial charge in [-0.3, -0.25) is 4.72 Å². The molecule has 0 unspecified atom stereocenters. The molecule has 0 atom stereocenters. The Morgan fingerprint density at radius 2 is 1.79 bits per heavy atom. The Kier molecular flexibility index (Phi) is 3.77. The van der Waals surface area contributed by atoms with Crippen molar-refractivity contribution in [3.63, 3.8) is 0 Å². The van der Waals surface area contributed by atoms with E-state index in [1.54, 1.807) is 19.1 Å². The van der Waals surface area contributed by atoms with Crippen molar-refractivity contribution in [2.24, 2.45) is 0 Å². The van der Waals surface area contributed by atoms with E-state index in [-0.39, 0.29) is 16.5 Å². The second kappa shape index (κ2) is 5.18. The van der Waals surface area contributed by atoms with E-state index in [4.69, 9.17) is 5.11 Å². The number of aromatic hydroxyl groups is 1. The van der Waals surface area contributed by atoms with Crippen LogP contribution in [0.25, 0.3) is 0 Å². The number of hydrogen-bond acceptors (Lipinski definition) is 4. The fourth-order valence-corrected chi connectivity index (χ4v) is 2.64. The summed E-state index contributed by atoms with van der Waals surface area (Å²) in [6.07, 6.45) is 0. The maximum atomic E-state index is 12.1. The molecule has 19 heavy (non-hydrogen) atoms. The number of nitrogens with zero attached hydrogens (tertiary/aromatic N) is 1. The smallest absolute Gasteiger partial charge is 0.263 e. The van der Waals surface area contributed by atoms with Crippen LogP contribution < -0.4 is 4.72 Å². The van der Waals surface area contributed by atoms with Crippen LogP contribution in [0.1, 0.15) is 5.69 Å². The summed E-state index contributed by atoms with van der Waals surface area (Å²) >= 11 is 3.29. The molecule has 0 spiro atoms. The average molecular weight is 343 g/mol. The molecule has 100 valence electrons. The number of nitrogens with one attached hydrogen (secondary N) is 1. The lowest BCUT2D eigenvalue weighted by Gasteiger charge is -2.08. The van der Waals surface area contributed by atoms with E-state index in [0.29, 0.717) is 5.69 Å². The predicted octanol–water partition coefficient (Wildman–Crippen LogP) is 2.66. The zero-order chi connectivity index (χ0) is 14.0. The summed E-state index contributed by atoms with van der Waals surface area (Å²) in [4.78, 5) is 4.18. The van der Waals surface area contributed by atoms with Gasteiger partial charge in [-0.25, -0.2) is 13.4 Å². The van der Waals surface area contributed by atoms with Gasteiger partial charge in [0.2, 0.25) is 0 Å². The van der Waals surface area contributed by atoms with Gasteiger partial charge in [0.25, 0.3) is 10.0 Å². The van der Waals surface area contributed by atoms with Crippen molar-refractivity contribution in [3.8, 4) is 5.75 Å². The van der Waals surface area contributed by atoms with Gasteiger partial charge >= 0.3 is 0 Å². The lowest BCUT2D eigenvalue weighted by Crippen LogP contribution is -2.14. The number of anilines is 1. The van der Waals surface area contributed by atoms with Crippen LogP contribution in [0.3, 0.4) is 0 Å². The molecule has 2 aromatic rings. The molecule has 0 saturated heterocycles. The SMILES string of the molecule is Cc1nc(NS(=O)(=O)c2ccc(O)cc2)ccc1Br. The summed E-state index contributed by atoms with van der Waals surface area (Å²) in [6.45, 7) is 1.77. The number of phenols is 1. The Hall–Kier alpha value is -1.60. The first kappa shape index (κ1) is 13.8. The van der Waals surface area contributed by atoms with Gasteiger partial charge in [0.15, 0.2) is 0 Å². The highest BCUT2D eigenvalue weighted by Gasteiger charge is 2.15. The Morgan fingerprint density at radius 3 is 2.37 bits per heavy atom. The van der Waals surface area contributed by atoms with Crippen molar-refractivity contribution in [3.05, 3.63) is 46.6 Å². The normalized spacial score (nSPS) is 11.3. The Labute approximate surface area is 119 Å². The number of phenolic OH excluding ortho intramolecular Hbond substituents is 1. The number of aromatic nitrogens is 1. The van der Waals surface area contributed by atoms with Crippen LogP contribution in [0.15, 0.2) is 45.8 Å². The van der Waals surface area contributed by atoms with Crippen LogP contribution in [0.4, 0.5) is 5.82 Å². The molecule has 0 fully saturated rings. The van der Waals surface area contributed by atoms with Gasteiger partial charge in [-0.2, -0.15) is 0 Å². The third-order valence-electron chi connectivity index (χ3n) is 2.41. The van der Waals surface area contributed by atoms with Crippen molar-refractivity contribution in [1.29, 1.82) is 0 Å². The molecular formula is C12H11BrN2O3S. The Balaban J connectivity index is 2.30. The first-order chi connectivity index (χ1) is 8.88. The monoisotopic (exact) mass is 342 g/mol. The molecule has 0 saturated carbocycles. The second-order valence-electron chi connectivity index (χ2n) is 3.86. The summed E-state index contributed by atoms with van der Waals surface area (Å²) in [5, 5.41) is 9.15. The van der Waals surface area contributed by atoms with Gasteiger partial charge in [0, 0.05) is 4.47 Å². The minimum Gasteiger partial charge on any atom is -0.508 e. The second-order valence-corrected chi connectivity index (χ2v) is 6.40. The molecule has 7 heteroatoms. The first-order valence-electron chi connectivity index (χ1n) is 5.33. The van der Waals surface area contributed by atoms with E-state index >= 15 is 0 Å². The van der Waals surface area contributed by atoms with Crippen molar-refractivity contribution >= 4 is 31.8 Å². The van der Waals surface area contributed by atoms with Crippen LogP contribution in [0.5, 0.6) is 5.75 Å². The highest BCUT2D eigenvalue weighted by molar-refractivity contribution is 9.10. The molecule has 1 aromatic heterocycles.